The van der Waals surface area contributed by atoms with Gasteiger partial charge in [0.2, 0.25) is 5.91 Å². The maximum absolute atomic E-state index is 11.4. The van der Waals surface area contributed by atoms with E-state index >= 15 is 0 Å². The molecule has 0 saturated carbocycles. The Morgan fingerprint density at radius 2 is 1.83 bits per heavy atom. The zero-order valence-electron chi connectivity index (χ0n) is 13.4. The van der Waals surface area contributed by atoms with Crippen molar-refractivity contribution in [2.75, 3.05) is 25.6 Å². The summed E-state index contributed by atoms with van der Waals surface area (Å²) in [5.41, 5.74) is 1.66. The lowest BCUT2D eigenvalue weighted by Crippen LogP contribution is -2.10. The Hall–Kier alpha value is -2.53. The quantitative estimate of drug-likeness (QED) is 0.760. The molecule has 5 nitrogen and oxygen atoms in total. The molecule has 2 rings (SSSR count). The first-order valence-electron chi connectivity index (χ1n) is 7.39. The Kier molecular flexibility index (Phi) is 6.44. The van der Waals surface area contributed by atoms with Crippen LogP contribution in [-0.2, 0) is 16.1 Å². The number of rotatable bonds is 8. The lowest BCUT2D eigenvalue weighted by molar-refractivity contribution is -0.114. The maximum Gasteiger partial charge on any atom is 0.221 e. The van der Waals surface area contributed by atoms with Crippen molar-refractivity contribution in [2.45, 2.75) is 13.5 Å². The number of amides is 1. The number of ether oxygens (including phenoxy) is 3. The number of hydrogen-bond donors (Lipinski definition) is 1. The van der Waals surface area contributed by atoms with Gasteiger partial charge in [0.05, 0.1) is 12.3 Å². The summed E-state index contributed by atoms with van der Waals surface area (Å²) in [5, 5.41) is 2.75. The number of carbonyl (C=O) groups is 1. The number of benzene rings is 2. The molecule has 122 valence electrons. The summed E-state index contributed by atoms with van der Waals surface area (Å²) < 4.78 is 16.3. The molecule has 1 N–H and O–H groups in total. The zero-order chi connectivity index (χ0) is 16.5. The molecule has 0 unspecified atom stereocenters. The molecule has 0 fully saturated rings. The lowest BCUT2D eigenvalue weighted by Gasteiger charge is -2.14. The molecular formula is C18H21NO4. The molecule has 0 radical (unpaired) electrons. The predicted octanol–water partition coefficient (Wildman–Crippen LogP) is 3.25. The van der Waals surface area contributed by atoms with Crippen LogP contribution in [0.15, 0.2) is 48.5 Å². The van der Waals surface area contributed by atoms with Crippen molar-refractivity contribution in [2.24, 2.45) is 0 Å². The van der Waals surface area contributed by atoms with E-state index in [4.69, 9.17) is 14.2 Å². The monoisotopic (exact) mass is 315 g/mol. The van der Waals surface area contributed by atoms with Crippen LogP contribution in [0.3, 0.4) is 0 Å². The number of hydrogen-bond acceptors (Lipinski definition) is 4. The summed E-state index contributed by atoms with van der Waals surface area (Å²) in [6.07, 6.45) is 0. The molecule has 0 aliphatic rings. The van der Waals surface area contributed by atoms with E-state index in [1.54, 1.807) is 19.2 Å². The van der Waals surface area contributed by atoms with E-state index in [0.29, 0.717) is 37.0 Å². The highest BCUT2D eigenvalue weighted by Gasteiger charge is 2.08. The molecule has 0 saturated heterocycles. The molecule has 2 aromatic rings. The Morgan fingerprint density at radius 1 is 1.04 bits per heavy atom. The molecule has 0 heterocycles. The second-order valence-electron chi connectivity index (χ2n) is 4.95. The van der Waals surface area contributed by atoms with Gasteiger partial charge in [-0.25, -0.2) is 0 Å². The summed E-state index contributed by atoms with van der Waals surface area (Å²) in [6, 6.07) is 15.2. The van der Waals surface area contributed by atoms with Gasteiger partial charge in [-0.2, -0.15) is 0 Å². The molecule has 0 atom stereocenters. The molecule has 0 spiro atoms. The minimum atomic E-state index is -0.165. The van der Waals surface area contributed by atoms with Gasteiger partial charge in [-0.15, -0.1) is 0 Å². The summed E-state index contributed by atoms with van der Waals surface area (Å²) >= 11 is 0. The van der Waals surface area contributed by atoms with Gasteiger partial charge in [-0.3, -0.25) is 4.79 Å². The van der Waals surface area contributed by atoms with Gasteiger partial charge >= 0.3 is 0 Å². The van der Waals surface area contributed by atoms with Crippen LogP contribution in [0.5, 0.6) is 11.5 Å². The fourth-order valence-corrected chi connectivity index (χ4v) is 1.99. The van der Waals surface area contributed by atoms with E-state index in [0.717, 1.165) is 5.56 Å². The van der Waals surface area contributed by atoms with Crippen LogP contribution in [-0.4, -0.2) is 26.2 Å². The molecule has 0 aliphatic carbocycles. The van der Waals surface area contributed by atoms with Crippen molar-refractivity contribution in [3.63, 3.8) is 0 Å². The van der Waals surface area contributed by atoms with Gasteiger partial charge in [0, 0.05) is 20.1 Å². The summed E-state index contributed by atoms with van der Waals surface area (Å²) in [7, 11) is 1.61. The third-order valence-electron chi connectivity index (χ3n) is 3.06. The van der Waals surface area contributed by atoms with Crippen molar-refractivity contribution in [3.05, 3.63) is 54.1 Å². The highest BCUT2D eigenvalue weighted by atomic mass is 16.5. The number of anilines is 1. The molecule has 0 aliphatic heterocycles. The average Bonchev–Trinajstić information content (AvgIpc) is 2.55. The zero-order valence-corrected chi connectivity index (χ0v) is 13.4. The molecule has 0 bridgehead atoms. The van der Waals surface area contributed by atoms with Crippen LogP contribution >= 0.6 is 0 Å². The highest BCUT2D eigenvalue weighted by Crippen LogP contribution is 2.29. The average molecular weight is 315 g/mol. The maximum atomic E-state index is 11.4. The Labute approximate surface area is 136 Å². The minimum Gasteiger partial charge on any atom is -0.489 e. The minimum absolute atomic E-state index is 0.165. The van der Waals surface area contributed by atoms with E-state index in [-0.39, 0.29) is 5.91 Å². The molecule has 23 heavy (non-hydrogen) atoms. The Bertz CT molecular complexity index is 628. The van der Waals surface area contributed by atoms with Crippen molar-refractivity contribution in [1.82, 2.24) is 0 Å². The van der Waals surface area contributed by atoms with E-state index in [1.165, 1.54) is 6.92 Å². The molecule has 5 heteroatoms. The van der Waals surface area contributed by atoms with Gasteiger partial charge in [-0.1, -0.05) is 30.3 Å². The van der Waals surface area contributed by atoms with Gasteiger partial charge in [0.25, 0.3) is 0 Å². The highest BCUT2D eigenvalue weighted by molar-refractivity contribution is 5.90. The van der Waals surface area contributed by atoms with Crippen molar-refractivity contribution >= 4 is 11.6 Å². The van der Waals surface area contributed by atoms with Crippen molar-refractivity contribution < 1.29 is 19.0 Å². The third kappa shape index (κ3) is 5.64. The lowest BCUT2D eigenvalue weighted by atomic mass is 10.2. The second-order valence-corrected chi connectivity index (χ2v) is 4.95. The van der Waals surface area contributed by atoms with Crippen LogP contribution in [0.1, 0.15) is 12.5 Å². The Morgan fingerprint density at radius 3 is 2.52 bits per heavy atom. The molecule has 2 aromatic carbocycles. The summed E-state index contributed by atoms with van der Waals surface area (Å²) in [5.74, 6) is 1.09. The van der Waals surface area contributed by atoms with Gasteiger partial charge < -0.3 is 19.5 Å². The topological polar surface area (TPSA) is 56.8 Å². The van der Waals surface area contributed by atoms with E-state index in [2.05, 4.69) is 5.32 Å². The molecular weight excluding hydrogens is 294 g/mol. The standard InChI is InChI=1S/C18H21NO4/c1-14(20)19-17-12-16(8-9-18(17)22-11-10-21-2)23-13-15-6-4-3-5-7-15/h3-9,12H,10-11,13H2,1-2H3,(H,19,20). The van der Waals surface area contributed by atoms with E-state index < -0.39 is 0 Å². The number of nitrogens with one attached hydrogen (secondary N) is 1. The van der Waals surface area contributed by atoms with Gasteiger partial charge in [0.15, 0.2) is 0 Å². The van der Waals surface area contributed by atoms with E-state index in [9.17, 15) is 4.79 Å². The number of carbonyl (C=O) groups excluding carboxylic acids is 1. The first-order valence-corrected chi connectivity index (χ1v) is 7.39. The van der Waals surface area contributed by atoms with E-state index in [1.807, 2.05) is 36.4 Å². The smallest absolute Gasteiger partial charge is 0.221 e. The van der Waals surface area contributed by atoms with Crippen LogP contribution in [0.25, 0.3) is 0 Å². The first kappa shape index (κ1) is 16.8. The fourth-order valence-electron chi connectivity index (χ4n) is 1.99. The first-order chi connectivity index (χ1) is 11.2. The van der Waals surface area contributed by atoms with Crippen LogP contribution in [0, 0.1) is 0 Å². The van der Waals surface area contributed by atoms with Crippen LogP contribution in [0.4, 0.5) is 5.69 Å². The molecule has 1 amide bonds. The van der Waals surface area contributed by atoms with Gasteiger partial charge in [-0.05, 0) is 17.7 Å². The predicted molar refractivity (Wildman–Crippen MR) is 88.9 cm³/mol. The van der Waals surface area contributed by atoms with Crippen LogP contribution < -0.4 is 14.8 Å². The van der Waals surface area contributed by atoms with Crippen molar-refractivity contribution in [3.8, 4) is 11.5 Å². The summed E-state index contributed by atoms with van der Waals surface area (Å²) in [6.45, 7) is 2.81. The largest absolute Gasteiger partial charge is 0.489 e. The summed E-state index contributed by atoms with van der Waals surface area (Å²) in [4.78, 5) is 11.4. The third-order valence-corrected chi connectivity index (χ3v) is 3.06. The SMILES string of the molecule is COCCOc1ccc(OCc2ccccc2)cc1NC(C)=O. The Balaban J connectivity index is 2.06. The van der Waals surface area contributed by atoms with Crippen molar-refractivity contribution in [1.29, 1.82) is 0 Å². The second kappa shape index (κ2) is 8.80. The van der Waals surface area contributed by atoms with Gasteiger partial charge in [0.1, 0.15) is 24.7 Å². The fraction of sp³-hybridized carbons (Fsp3) is 0.278. The molecule has 0 aromatic heterocycles. The van der Waals surface area contributed by atoms with Crippen LogP contribution in [0.2, 0.25) is 0 Å². The normalized spacial score (nSPS) is 10.2. The number of methoxy groups -OCH3 is 1.